The van der Waals surface area contributed by atoms with Crippen molar-refractivity contribution in [2.45, 2.75) is 26.3 Å². The number of nitro benzene ring substituents is 1. The van der Waals surface area contributed by atoms with Crippen LogP contribution in [0.15, 0.2) is 48.2 Å². The van der Waals surface area contributed by atoms with Crippen LogP contribution in [0.3, 0.4) is 0 Å². The molecule has 2 aromatic heterocycles. The molecular formula is C27H29N5O6. The average molecular weight is 520 g/mol. The lowest BCUT2D eigenvalue weighted by atomic mass is 9.96. The first-order chi connectivity index (χ1) is 18.3. The molecule has 198 valence electrons. The molecule has 1 unspecified atom stereocenters. The van der Waals surface area contributed by atoms with Crippen LogP contribution in [-0.2, 0) is 14.3 Å². The molecule has 38 heavy (non-hydrogen) atoms. The fourth-order valence-corrected chi connectivity index (χ4v) is 5.23. The lowest BCUT2D eigenvalue weighted by molar-refractivity contribution is -0.384. The van der Waals surface area contributed by atoms with Gasteiger partial charge in [0.05, 0.1) is 35.4 Å². The van der Waals surface area contributed by atoms with E-state index in [-0.39, 0.29) is 23.5 Å². The number of fused-ring (bicyclic) bond motifs is 1. The second kappa shape index (κ2) is 10.3. The smallest absolute Gasteiger partial charge is 0.295 e. The van der Waals surface area contributed by atoms with E-state index in [1.54, 1.807) is 13.0 Å². The lowest BCUT2D eigenvalue weighted by Gasteiger charge is -2.29. The third-order valence-electron chi connectivity index (χ3n) is 7.22. The number of Topliss-reactive ketones (excluding diaryl/α,β-unsaturated/α-hetero) is 1. The highest BCUT2D eigenvalue weighted by atomic mass is 16.6. The zero-order valence-electron chi connectivity index (χ0n) is 21.3. The Balaban J connectivity index is 1.58. The number of amides is 1. The Bertz CT molecular complexity index is 1460. The Kier molecular flexibility index (Phi) is 6.96. The molecule has 1 amide bonds. The minimum atomic E-state index is -0.982. The summed E-state index contributed by atoms with van der Waals surface area (Å²) in [7, 11) is 0. The fourth-order valence-electron chi connectivity index (χ4n) is 5.23. The number of pyridine rings is 1. The monoisotopic (exact) mass is 519 g/mol. The van der Waals surface area contributed by atoms with Gasteiger partial charge < -0.3 is 19.1 Å². The van der Waals surface area contributed by atoms with Crippen molar-refractivity contribution in [1.29, 1.82) is 0 Å². The number of aliphatic hydroxyl groups excluding tert-OH is 1. The Morgan fingerprint density at radius 3 is 2.63 bits per heavy atom. The first-order valence-corrected chi connectivity index (χ1v) is 12.6. The van der Waals surface area contributed by atoms with Gasteiger partial charge in [-0.05, 0) is 37.5 Å². The molecule has 2 aliphatic heterocycles. The van der Waals surface area contributed by atoms with Gasteiger partial charge in [-0.25, -0.2) is 4.98 Å². The predicted octanol–water partition coefficient (Wildman–Crippen LogP) is 3.00. The van der Waals surface area contributed by atoms with Crippen molar-refractivity contribution in [3.63, 3.8) is 0 Å². The highest BCUT2D eigenvalue weighted by molar-refractivity contribution is 6.46. The van der Waals surface area contributed by atoms with Crippen molar-refractivity contribution >= 4 is 28.8 Å². The molecule has 0 radical (unpaired) electrons. The third kappa shape index (κ3) is 4.54. The van der Waals surface area contributed by atoms with E-state index in [2.05, 4.69) is 9.88 Å². The van der Waals surface area contributed by atoms with Gasteiger partial charge in [-0.1, -0.05) is 18.2 Å². The van der Waals surface area contributed by atoms with Crippen molar-refractivity contribution in [3.05, 3.63) is 80.8 Å². The first-order valence-electron chi connectivity index (χ1n) is 12.6. The Morgan fingerprint density at radius 2 is 1.92 bits per heavy atom. The van der Waals surface area contributed by atoms with Gasteiger partial charge in [-0.15, -0.1) is 0 Å². The SMILES string of the molecule is Cc1cccn2c(C)c(/C(O)=C3\C(=O)C(=O)N(CCCN4CCOCC4)C3c3cccc([N+](=O)[O-])c3)nc12. The number of nitrogens with zero attached hydrogens (tertiary/aromatic N) is 5. The molecule has 3 aromatic rings. The molecule has 1 aromatic carbocycles. The summed E-state index contributed by atoms with van der Waals surface area (Å²) in [5.41, 5.74) is 2.40. The van der Waals surface area contributed by atoms with Crippen molar-refractivity contribution in [1.82, 2.24) is 19.2 Å². The number of non-ortho nitro benzene ring substituents is 1. The average Bonchev–Trinajstić information content (AvgIpc) is 3.39. The molecule has 11 nitrogen and oxygen atoms in total. The van der Waals surface area contributed by atoms with E-state index in [1.165, 1.54) is 23.1 Å². The Hall–Kier alpha value is -4.09. The van der Waals surface area contributed by atoms with Crippen molar-refractivity contribution in [2.24, 2.45) is 0 Å². The summed E-state index contributed by atoms with van der Waals surface area (Å²) in [5, 5.41) is 23.0. The summed E-state index contributed by atoms with van der Waals surface area (Å²) in [6.07, 6.45) is 2.40. The van der Waals surface area contributed by atoms with Gasteiger partial charge in [0.25, 0.3) is 17.4 Å². The van der Waals surface area contributed by atoms with Gasteiger partial charge in [-0.3, -0.25) is 24.6 Å². The van der Waals surface area contributed by atoms with Gasteiger partial charge >= 0.3 is 0 Å². The summed E-state index contributed by atoms with van der Waals surface area (Å²) in [5.74, 6) is -1.97. The minimum Gasteiger partial charge on any atom is -0.505 e. The minimum absolute atomic E-state index is 0.119. The number of ether oxygens (including phenoxy) is 1. The number of rotatable bonds is 7. The number of hydrogen-bond acceptors (Lipinski definition) is 8. The van der Waals surface area contributed by atoms with Gasteiger partial charge in [0.2, 0.25) is 0 Å². The van der Waals surface area contributed by atoms with Crippen molar-refractivity contribution in [3.8, 4) is 0 Å². The number of aryl methyl sites for hydroxylation is 2. The molecule has 0 aliphatic carbocycles. The Labute approximate surface area is 219 Å². The zero-order valence-corrected chi connectivity index (χ0v) is 21.3. The number of ketones is 1. The molecule has 4 heterocycles. The van der Waals surface area contributed by atoms with Crippen LogP contribution < -0.4 is 0 Å². The van der Waals surface area contributed by atoms with E-state index in [0.29, 0.717) is 43.1 Å². The van der Waals surface area contributed by atoms with E-state index in [1.807, 2.05) is 29.7 Å². The first kappa shape index (κ1) is 25.6. The predicted molar refractivity (Wildman–Crippen MR) is 139 cm³/mol. The van der Waals surface area contributed by atoms with Gasteiger partial charge in [0.15, 0.2) is 5.76 Å². The molecule has 2 saturated heterocycles. The van der Waals surface area contributed by atoms with Gasteiger partial charge in [0, 0.05) is 44.5 Å². The summed E-state index contributed by atoms with van der Waals surface area (Å²) in [6, 6.07) is 8.61. The van der Waals surface area contributed by atoms with Gasteiger partial charge in [0.1, 0.15) is 11.3 Å². The molecule has 0 bridgehead atoms. The number of carbonyl (C=O) groups excluding carboxylic acids is 2. The molecule has 0 saturated carbocycles. The zero-order chi connectivity index (χ0) is 27.0. The highest BCUT2D eigenvalue weighted by Crippen LogP contribution is 2.40. The number of morpholine rings is 1. The van der Waals surface area contributed by atoms with E-state index < -0.39 is 28.4 Å². The third-order valence-corrected chi connectivity index (χ3v) is 7.22. The van der Waals surface area contributed by atoms with Crippen molar-refractivity contribution < 1.29 is 24.4 Å². The van der Waals surface area contributed by atoms with Crippen LogP contribution in [0.4, 0.5) is 5.69 Å². The maximum absolute atomic E-state index is 13.4. The largest absolute Gasteiger partial charge is 0.505 e. The summed E-state index contributed by atoms with van der Waals surface area (Å²) in [6.45, 7) is 7.50. The number of carbonyl (C=O) groups is 2. The standard InChI is InChI=1S/C27H29N5O6/c1-17-6-4-10-30-18(2)22(28-26(17)30)24(33)21-23(19-7-3-8-20(16-19)32(36)37)31(27(35)25(21)34)11-5-9-29-12-14-38-15-13-29/h3-4,6-8,10,16,23,33H,5,9,11-15H2,1-2H3/b24-21+. The maximum Gasteiger partial charge on any atom is 0.295 e. The van der Waals surface area contributed by atoms with Crippen LogP contribution in [0.1, 0.15) is 35.0 Å². The number of benzene rings is 1. The number of nitro groups is 1. The lowest BCUT2D eigenvalue weighted by Crippen LogP contribution is -2.39. The summed E-state index contributed by atoms with van der Waals surface area (Å²) >= 11 is 0. The number of aliphatic hydroxyl groups is 1. The summed E-state index contributed by atoms with van der Waals surface area (Å²) in [4.78, 5) is 45.9. The van der Waals surface area contributed by atoms with Crippen LogP contribution in [-0.4, -0.2) is 80.3 Å². The number of hydrogen-bond donors (Lipinski definition) is 1. The summed E-state index contributed by atoms with van der Waals surface area (Å²) < 4.78 is 7.20. The van der Waals surface area contributed by atoms with Crippen LogP contribution >= 0.6 is 0 Å². The van der Waals surface area contributed by atoms with Gasteiger partial charge in [-0.2, -0.15) is 0 Å². The molecule has 11 heteroatoms. The van der Waals surface area contributed by atoms with Crippen LogP contribution in [0, 0.1) is 24.0 Å². The van der Waals surface area contributed by atoms with E-state index in [4.69, 9.17) is 4.74 Å². The van der Waals surface area contributed by atoms with Crippen LogP contribution in [0.25, 0.3) is 11.4 Å². The fraction of sp³-hybridized carbons (Fsp3) is 0.370. The topological polar surface area (TPSA) is 131 Å². The molecule has 0 spiro atoms. The maximum atomic E-state index is 13.4. The number of likely N-dealkylation sites (tertiary alicyclic amines) is 1. The second-order valence-corrected chi connectivity index (χ2v) is 9.58. The molecule has 1 atom stereocenters. The van der Waals surface area contributed by atoms with Crippen LogP contribution in [0.2, 0.25) is 0 Å². The molecule has 2 fully saturated rings. The quantitative estimate of drug-likeness (QED) is 0.166. The molecular weight excluding hydrogens is 490 g/mol. The Morgan fingerprint density at radius 1 is 1.16 bits per heavy atom. The van der Waals surface area contributed by atoms with Crippen LogP contribution in [0.5, 0.6) is 0 Å². The van der Waals surface area contributed by atoms with E-state index >= 15 is 0 Å². The molecule has 1 N–H and O–H groups in total. The number of imidazole rings is 1. The van der Waals surface area contributed by atoms with E-state index in [0.717, 1.165) is 18.7 Å². The van der Waals surface area contributed by atoms with Crippen molar-refractivity contribution in [2.75, 3.05) is 39.4 Å². The van der Waals surface area contributed by atoms with E-state index in [9.17, 15) is 24.8 Å². The number of aromatic nitrogens is 2. The molecule has 5 rings (SSSR count). The second-order valence-electron chi connectivity index (χ2n) is 9.58. The highest BCUT2D eigenvalue weighted by Gasteiger charge is 2.46. The molecule has 2 aliphatic rings. The normalized spacial score (nSPS) is 19.9.